The molecule has 0 radical (unpaired) electrons. The molecule has 0 amide bonds. The molecule has 0 unspecified atom stereocenters. The van der Waals surface area contributed by atoms with E-state index < -0.39 is 36.7 Å². The first kappa shape index (κ1) is 14.0. The van der Waals surface area contributed by atoms with Crippen molar-refractivity contribution in [1.29, 1.82) is 0 Å². The van der Waals surface area contributed by atoms with E-state index in [4.69, 9.17) is 10.2 Å². The lowest BCUT2D eigenvalue weighted by Gasteiger charge is -2.17. The molecule has 1 rings (SSSR count). The first-order valence-corrected chi connectivity index (χ1v) is 4.98. The summed E-state index contributed by atoms with van der Waals surface area (Å²) >= 11 is 0. The summed E-state index contributed by atoms with van der Waals surface area (Å²) < 4.78 is 25.6. The van der Waals surface area contributed by atoms with E-state index >= 15 is 0 Å². The Morgan fingerprint density at radius 1 is 1.06 bits per heavy atom. The molecule has 98 valence electrons. The van der Waals surface area contributed by atoms with E-state index in [9.17, 15) is 18.4 Å². The second-order valence-corrected chi connectivity index (χ2v) is 3.68. The molecule has 0 saturated carbocycles. The topological polar surface area (TPSA) is 77.8 Å². The monoisotopic (exact) mass is 259 g/mol. The van der Waals surface area contributed by atoms with E-state index in [0.29, 0.717) is 5.56 Å². The molecule has 1 aromatic carbocycles. The van der Waals surface area contributed by atoms with Crippen molar-refractivity contribution in [3.05, 3.63) is 35.4 Å². The van der Waals surface area contributed by atoms with Crippen molar-refractivity contribution in [2.45, 2.75) is 6.54 Å². The summed E-state index contributed by atoms with van der Waals surface area (Å²) in [5.74, 6) is -4.46. The van der Waals surface area contributed by atoms with Crippen LogP contribution in [-0.4, -0.2) is 40.1 Å². The number of carboxylic acids is 2. The quantitative estimate of drug-likeness (QED) is 0.794. The van der Waals surface area contributed by atoms with Gasteiger partial charge >= 0.3 is 11.9 Å². The Bertz CT molecular complexity index is 448. The van der Waals surface area contributed by atoms with Crippen LogP contribution in [-0.2, 0) is 16.1 Å². The van der Waals surface area contributed by atoms with Gasteiger partial charge in [0.15, 0.2) is 11.6 Å². The normalized spacial score (nSPS) is 10.6. The van der Waals surface area contributed by atoms with Gasteiger partial charge in [-0.2, -0.15) is 0 Å². The molecule has 1 aromatic rings. The van der Waals surface area contributed by atoms with Crippen molar-refractivity contribution in [1.82, 2.24) is 4.90 Å². The van der Waals surface area contributed by atoms with E-state index in [1.165, 1.54) is 6.07 Å². The minimum Gasteiger partial charge on any atom is -0.480 e. The van der Waals surface area contributed by atoms with Gasteiger partial charge in [0.1, 0.15) is 0 Å². The number of halogens is 2. The van der Waals surface area contributed by atoms with Gasteiger partial charge in [-0.3, -0.25) is 14.5 Å². The second-order valence-electron chi connectivity index (χ2n) is 3.68. The van der Waals surface area contributed by atoms with E-state index in [1.807, 2.05) is 0 Å². The second kappa shape index (κ2) is 6.06. The molecule has 2 N–H and O–H groups in total. The van der Waals surface area contributed by atoms with Crippen LogP contribution < -0.4 is 0 Å². The molecule has 0 aliphatic rings. The molecule has 0 heterocycles. The highest BCUT2D eigenvalue weighted by atomic mass is 19.2. The molecule has 0 atom stereocenters. The Morgan fingerprint density at radius 2 is 1.61 bits per heavy atom. The van der Waals surface area contributed by atoms with Crippen LogP contribution in [0.25, 0.3) is 0 Å². The number of nitrogens with zero attached hydrogens (tertiary/aromatic N) is 1. The number of hydrogen-bond donors (Lipinski definition) is 2. The predicted molar refractivity (Wildman–Crippen MR) is 56.9 cm³/mol. The van der Waals surface area contributed by atoms with Gasteiger partial charge in [-0.15, -0.1) is 0 Å². The molecule has 18 heavy (non-hydrogen) atoms. The molecule has 0 aromatic heterocycles. The first-order chi connectivity index (χ1) is 8.38. The Hall–Kier alpha value is -2.02. The molecule has 7 heteroatoms. The highest BCUT2D eigenvalue weighted by molar-refractivity contribution is 5.72. The molecule has 5 nitrogen and oxygen atoms in total. The minimum atomic E-state index is -1.20. The third-order valence-corrected chi connectivity index (χ3v) is 2.11. The molecule has 0 fully saturated rings. The van der Waals surface area contributed by atoms with E-state index in [-0.39, 0.29) is 6.54 Å². The lowest BCUT2D eigenvalue weighted by Crippen LogP contribution is -2.34. The summed E-state index contributed by atoms with van der Waals surface area (Å²) in [6.07, 6.45) is 0. The van der Waals surface area contributed by atoms with Gasteiger partial charge in [-0.05, 0) is 17.7 Å². The largest absolute Gasteiger partial charge is 0.480 e. The predicted octanol–water partition coefficient (Wildman–Crippen LogP) is 0.936. The van der Waals surface area contributed by atoms with Crippen molar-refractivity contribution in [3.63, 3.8) is 0 Å². The third kappa shape index (κ3) is 4.46. The van der Waals surface area contributed by atoms with Crippen LogP contribution in [0, 0.1) is 11.6 Å². The first-order valence-electron chi connectivity index (χ1n) is 4.98. The van der Waals surface area contributed by atoms with Gasteiger partial charge in [0.05, 0.1) is 13.1 Å². The number of rotatable bonds is 6. The summed E-state index contributed by atoms with van der Waals surface area (Å²) in [5.41, 5.74) is 0.302. The molecule has 0 spiro atoms. The van der Waals surface area contributed by atoms with Crippen LogP contribution in [0.1, 0.15) is 5.56 Å². The smallest absolute Gasteiger partial charge is 0.317 e. The van der Waals surface area contributed by atoms with Crippen LogP contribution in [0.2, 0.25) is 0 Å². The summed E-state index contributed by atoms with van der Waals surface area (Å²) in [5, 5.41) is 17.2. The van der Waals surface area contributed by atoms with Crippen LogP contribution in [0.5, 0.6) is 0 Å². The number of carbonyl (C=O) groups is 2. The maximum absolute atomic E-state index is 12.9. The van der Waals surface area contributed by atoms with Crippen LogP contribution >= 0.6 is 0 Å². The maximum Gasteiger partial charge on any atom is 0.317 e. The molecule has 0 aliphatic carbocycles. The lowest BCUT2D eigenvalue weighted by atomic mass is 10.2. The Labute approximate surface area is 101 Å². The fourth-order valence-corrected chi connectivity index (χ4v) is 1.45. The summed E-state index contributed by atoms with van der Waals surface area (Å²) in [4.78, 5) is 22.2. The molecule has 0 aliphatic heterocycles. The van der Waals surface area contributed by atoms with Crippen LogP contribution in [0.4, 0.5) is 8.78 Å². The standard InChI is InChI=1S/C11H11F2NO4/c12-8-2-1-7(3-9(8)13)4-14(5-10(15)16)6-11(17)18/h1-3H,4-6H2,(H,15,16)(H,17,18). The summed E-state index contributed by atoms with van der Waals surface area (Å²) in [6, 6.07) is 3.09. The molecule has 0 saturated heterocycles. The van der Waals surface area contributed by atoms with E-state index in [0.717, 1.165) is 17.0 Å². The van der Waals surface area contributed by atoms with Crippen molar-refractivity contribution in [2.24, 2.45) is 0 Å². The van der Waals surface area contributed by atoms with E-state index in [2.05, 4.69) is 0 Å². The van der Waals surface area contributed by atoms with Crippen molar-refractivity contribution in [3.8, 4) is 0 Å². The average Bonchev–Trinajstić information content (AvgIpc) is 2.21. The highest BCUT2D eigenvalue weighted by Gasteiger charge is 2.14. The van der Waals surface area contributed by atoms with Crippen LogP contribution in [0.15, 0.2) is 18.2 Å². The molecule has 0 bridgehead atoms. The highest BCUT2D eigenvalue weighted by Crippen LogP contribution is 2.10. The SMILES string of the molecule is O=C(O)CN(CC(=O)O)Cc1ccc(F)c(F)c1. The van der Waals surface area contributed by atoms with Crippen LogP contribution in [0.3, 0.4) is 0 Å². The fourth-order valence-electron chi connectivity index (χ4n) is 1.45. The zero-order valence-corrected chi connectivity index (χ0v) is 9.27. The Balaban J connectivity index is 2.77. The lowest BCUT2D eigenvalue weighted by molar-refractivity contribution is -0.142. The maximum atomic E-state index is 12.9. The Morgan fingerprint density at radius 3 is 2.06 bits per heavy atom. The zero-order valence-electron chi connectivity index (χ0n) is 9.27. The summed E-state index contributed by atoms with van der Waals surface area (Å²) in [7, 11) is 0. The summed E-state index contributed by atoms with van der Waals surface area (Å²) in [6.45, 7) is -1.08. The van der Waals surface area contributed by atoms with Gasteiger partial charge in [0, 0.05) is 6.54 Å². The van der Waals surface area contributed by atoms with Crippen molar-refractivity contribution < 1.29 is 28.6 Å². The zero-order chi connectivity index (χ0) is 13.7. The van der Waals surface area contributed by atoms with E-state index in [1.54, 1.807) is 0 Å². The average molecular weight is 259 g/mol. The van der Waals surface area contributed by atoms with Gasteiger partial charge in [0.2, 0.25) is 0 Å². The van der Waals surface area contributed by atoms with Gasteiger partial charge in [0.25, 0.3) is 0 Å². The third-order valence-electron chi connectivity index (χ3n) is 2.11. The number of carboxylic acid groups (broad SMARTS) is 2. The number of benzene rings is 1. The fraction of sp³-hybridized carbons (Fsp3) is 0.273. The van der Waals surface area contributed by atoms with Crippen molar-refractivity contribution in [2.75, 3.05) is 13.1 Å². The van der Waals surface area contributed by atoms with Gasteiger partial charge in [-0.25, -0.2) is 8.78 Å². The molecular formula is C11H11F2NO4. The van der Waals surface area contributed by atoms with Gasteiger partial charge in [-0.1, -0.05) is 6.07 Å². The van der Waals surface area contributed by atoms with Crippen molar-refractivity contribution >= 4 is 11.9 Å². The van der Waals surface area contributed by atoms with Gasteiger partial charge < -0.3 is 10.2 Å². The molecular weight excluding hydrogens is 248 g/mol. The minimum absolute atomic E-state index is 0.0875. The Kier molecular flexibility index (Phi) is 4.73. The number of aliphatic carboxylic acids is 2. The number of hydrogen-bond acceptors (Lipinski definition) is 3.